The normalized spacial score (nSPS) is 15.6. The van der Waals surface area contributed by atoms with E-state index in [0.717, 1.165) is 30.3 Å². The van der Waals surface area contributed by atoms with Crippen LogP contribution in [-0.2, 0) is 38.5 Å². The fourth-order valence-corrected chi connectivity index (χ4v) is 7.88. The van der Waals surface area contributed by atoms with E-state index in [2.05, 4.69) is 20.2 Å². The molecule has 4 aromatic heterocycles. The van der Waals surface area contributed by atoms with Crippen LogP contribution in [0, 0.1) is 0 Å². The summed E-state index contributed by atoms with van der Waals surface area (Å²) in [4.78, 5) is 62.5. The predicted molar refractivity (Wildman–Crippen MR) is 245 cm³/mol. The van der Waals surface area contributed by atoms with Crippen LogP contribution in [0.1, 0.15) is 101 Å². The van der Waals surface area contributed by atoms with Crippen molar-refractivity contribution in [3.63, 3.8) is 0 Å². The number of nitrogens with zero attached hydrogens (tertiary/aromatic N) is 8. The molecule has 2 atom stereocenters. The molecule has 0 aliphatic carbocycles. The number of pyridine rings is 2. The molecule has 360 valence electrons. The second kappa shape index (κ2) is 20.6. The van der Waals surface area contributed by atoms with Gasteiger partial charge in [0.15, 0.2) is 11.6 Å². The van der Waals surface area contributed by atoms with E-state index < -0.39 is 54.1 Å². The van der Waals surface area contributed by atoms with Crippen molar-refractivity contribution in [2.75, 3.05) is 34.4 Å². The number of benzene rings is 2. The second-order valence-electron chi connectivity index (χ2n) is 15.5. The van der Waals surface area contributed by atoms with E-state index in [1.807, 2.05) is 0 Å². The zero-order valence-electron chi connectivity index (χ0n) is 35.9. The van der Waals surface area contributed by atoms with Crippen molar-refractivity contribution in [3.05, 3.63) is 141 Å². The maximum absolute atomic E-state index is 13.4. The summed E-state index contributed by atoms with van der Waals surface area (Å²) < 4.78 is 95.4. The van der Waals surface area contributed by atoms with Crippen molar-refractivity contribution in [1.82, 2.24) is 29.5 Å². The maximum atomic E-state index is 13.4. The van der Waals surface area contributed by atoms with Crippen LogP contribution in [0.3, 0.4) is 0 Å². The zero-order chi connectivity index (χ0) is 47.8. The second-order valence-corrected chi connectivity index (χ2v) is 15.5. The molecule has 68 heavy (non-hydrogen) atoms. The number of ketones is 2. The van der Waals surface area contributed by atoms with Crippen LogP contribution in [0.15, 0.2) is 85.5 Å². The van der Waals surface area contributed by atoms with E-state index >= 15 is 0 Å². The SMILES string of the molecule is C[C@H]1CN(c2ccc(C(F)(F)F)c(CO)c2)C(=O)c2c(CC(=O)c3cccnc3N)cnn21.C[C@H]1CN(c2ccc(C(F)(F)F)c(C[18F])c2)C(=O)c2c(CC(=O)c3cccnc3N)cnn21.S.S. The molecule has 2 amide bonds. The number of rotatable bonds is 10. The number of aliphatic hydroxyl groups is 1. The average Bonchev–Trinajstić information content (AvgIpc) is 3.91. The lowest BCUT2D eigenvalue weighted by Crippen LogP contribution is -2.43. The molecule has 0 fully saturated rings. The Bertz CT molecular complexity index is 2680. The van der Waals surface area contributed by atoms with E-state index in [4.69, 9.17) is 11.5 Å². The molecule has 0 saturated carbocycles. The Morgan fingerprint density at radius 2 is 1.06 bits per heavy atom. The Morgan fingerprint density at radius 3 is 1.43 bits per heavy atom. The first-order valence-electron chi connectivity index (χ1n) is 20.0. The fraction of sp³-hybridized carbons (Fsp3) is 0.273. The van der Waals surface area contributed by atoms with Gasteiger partial charge < -0.3 is 26.4 Å². The van der Waals surface area contributed by atoms with E-state index in [0.29, 0.717) is 11.1 Å². The number of aromatic nitrogens is 6. The molecule has 2 aliphatic rings. The van der Waals surface area contributed by atoms with Gasteiger partial charge in [0.25, 0.3) is 11.8 Å². The highest BCUT2D eigenvalue weighted by Crippen LogP contribution is 2.38. The standard InChI is InChI=1S/C22H19F4N5O2.C22H20F3N5O3.2H2S/c1-12-11-30(15-4-5-17(22(24,25)26)13(7-15)9-23)21(33)19-14(10-29-31(12)19)8-18(32)16-3-2-6-28-20(16)27;1-12-10-29(15-4-5-17(22(23,24)25)14(7-15)11-31)21(33)19-13(9-28-30(12)19)8-18(32)16-3-2-6-27-20(16)26;;/h2-7,10,12H,8-9,11H2,1H3,(H2,27,28);2-7,9,12,31H,8,10-11H2,1H3,(H2,26,27);2*1H2/t2*12-;;/m00../s1/i23-1;;;. The minimum Gasteiger partial charge on any atom is -0.392 e. The minimum atomic E-state index is -4.71. The fourth-order valence-electron chi connectivity index (χ4n) is 7.88. The first-order valence-corrected chi connectivity index (χ1v) is 20.0. The summed E-state index contributed by atoms with van der Waals surface area (Å²) in [5.41, 5.74) is 10.4. The highest BCUT2D eigenvalue weighted by atomic mass is 32.1. The van der Waals surface area contributed by atoms with Gasteiger partial charge in [0.1, 0.15) is 29.7 Å². The number of amides is 2. The van der Waals surface area contributed by atoms with Crippen molar-refractivity contribution < 1.29 is 55.0 Å². The van der Waals surface area contributed by atoms with E-state index in [-0.39, 0.29) is 128 Å². The zero-order valence-corrected chi connectivity index (χ0v) is 37.9. The third-order valence-electron chi connectivity index (χ3n) is 11.1. The monoisotopic (exact) mass is 987 g/mol. The third-order valence-corrected chi connectivity index (χ3v) is 11.1. The molecule has 2 aliphatic heterocycles. The van der Waals surface area contributed by atoms with Crippen molar-refractivity contribution in [2.45, 2.75) is 64.4 Å². The molecule has 0 radical (unpaired) electrons. The molecule has 8 rings (SSSR count). The molecule has 6 heterocycles. The summed E-state index contributed by atoms with van der Waals surface area (Å²) >= 11 is 0. The summed E-state index contributed by atoms with van der Waals surface area (Å²) in [5, 5.41) is 17.9. The number of alkyl halides is 7. The van der Waals surface area contributed by atoms with Crippen LogP contribution in [0.25, 0.3) is 0 Å². The molecule has 0 saturated heterocycles. The molecular formula is C44H43F7N10O5S2. The number of halogens is 7. The number of aliphatic hydroxyl groups excluding tert-OH is 1. The molecule has 0 spiro atoms. The van der Waals surface area contributed by atoms with Crippen LogP contribution in [0.2, 0.25) is 0 Å². The number of nitrogen functional groups attached to an aromatic ring is 2. The highest BCUT2D eigenvalue weighted by Gasteiger charge is 2.39. The average molecular weight is 988 g/mol. The molecule has 5 N–H and O–H groups in total. The van der Waals surface area contributed by atoms with Crippen LogP contribution in [0.4, 0.5) is 53.7 Å². The number of anilines is 4. The van der Waals surface area contributed by atoms with Gasteiger partial charge in [-0.15, -0.1) is 0 Å². The lowest BCUT2D eigenvalue weighted by molar-refractivity contribution is -0.139. The predicted octanol–water partition coefficient (Wildman–Crippen LogP) is 7.24. The first kappa shape index (κ1) is 52.2. The molecule has 0 unspecified atom stereocenters. The number of hydrogen-bond donors (Lipinski definition) is 3. The molecule has 2 aromatic carbocycles. The number of Topliss-reactive ketones (excluding diaryl/α,β-unsaturated/α-hetero) is 2. The van der Waals surface area contributed by atoms with Crippen LogP contribution in [-0.4, -0.2) is 71.1 Å². The van der Waals surface area contributed by atoms with Gasteiger partial charge in [0, 0.05) is 60.8 Å². The number of fused-ring (bicyclic) bond motifs is 2. The summed E-state index contributed by atoms with van der Waals surface area (Å²) in [5.74, 6) is -1.61. The number of nitrogens with two attached hydrogens (primary N) is 2. The summed E-state index contributed by atoms with van der Waals surface area (Å²) in [6, 6.07) is 11.7. The van der Waals surface area contributed by atoms with Crippen molar-refractivity contribution in [2.24, 2.45) is 0 Å². The summed E-state index contributed by atoms with van der Waals surface area (Å²) in [6.07, 6.45) is -3.89. The van der Waals surface area contributed by atoms with E-state index in [9.17, 15) is 55.0 Å². The van der Waals surface area contributed by atoms with Gasteiger partial charge in [-0.25, -0.2) is 14.4 Å². The van der Waals surface area contributed by atoms with Crippen molar-refractivity contribution in [1.29, 1.82) is 0 Å². The van der Waals surface area contributed by atoms with Crippen LogP contribution >= 0.6 is 27.0 Å². The molecule has 6 aromatic rings. The van der Waals surface area contributed by atoms with Gasteiger partial charge in [-0.2, -0.15) is 63.5 Å². The molecule has 0 bridgehead atoms. The Labute approximate surface area is 396 Å². The molecule has 15 nitrogen and oxygen atoms in total. The Hall–Kier alpha value is -6.79. The topological polar surface area (TPSA) is 208 Å². The quantitative estimate of drug-likeness (QED) is 0.0921. The molecule has 24 heteroatoms. The lowest BCUT2D eigenvalue weighted by Gasteiger charge is -2.33. The number of hydrogen-bond acceptors (Lipinski definition) is 11. The van der Waals surface area contributed by atoms with E-state index in [1.54, 1.807) is 26.0 Å². The maximum Gasteiger partial charge on any atom is 0.416 e. The third kappa shape index (κ3) is 10.4. The Balaban J connectivity index is 0.000000247. The smallest absolute Gasteiger partial charge is 0.392 e. The minimum absolute atomic E-state index is 0. The molecular weight excluding hydrogens is 945 g/mol. The number of carbonyl (C=O) groups excluding carboxylic acids is 4. The van der Waals surface area contributed by atoms with Crippen LogP contribution in [0.5, 0.6) is 0 Å². The largest absolute Gasteiger partial charge is 0.416 e. The van der Waals surface area contributed by atoms with Crippen molar-refractivity contribution in [3.8, 4) is 0 Å². The van der Waals surface area contributed by atoms with Gasteiger partial charge in [-0.1, -0.05) is 0 Å². The van der Waals surface area contributed by atoms with E-state index in [1.165, 1.54) is 62.1 Å². The highest BCUT2D eigenvalue weighted by molar-refractivity contribution is 7.59. The van der Waals surface area contributed by atoms with Crippen LogP contribution < -0.4 is 21.3 Å². The van der Waals surface area contributed by atoms with Gasteiger partial charge in [0.05, 0.1) is 53.3 Å². The van der Waals surface area contributed by atoms with Crippen molar-refractivity contribution >= 4 is 73.4 Å². The lowest BCUT2D eigenvalue weighted by atomic mass is 10.0. The summed E-state index contributed by atoms with van der Waals surface area (Å²) in [7, 11) is 0. The summed E-state index contributed by atoms with van der Waals surface area (Å²) in [6.45, 7) is 1.70. The van der Waals surface area contributed by atoms with Gasteiger partial charge in [-0.05, 0) is 85.6 Å². The van der Waals surface area contributed by atoms with Gasteiger partial charge in [0.2, 0.25) is 0 Å². The Kier molecular flexibility index (Phi) is 15.8. The van der Waals surface area contributed by atoms with Gasteiger partial charge in [-0.3, -0.25) is 28.5 Å². The first-order chi connectivity index (χ1) is 31.2. The van der Waals surface area contributed by atoms with Gasteiger partial charge >= 0.3 is 12.4 Å². The Morgan fingerprint density at radius 1 is 0.662 bits per heavy atom. The number of carbonyl (C=O) groups is 4.